The summed E-state index contributed by atoms with van der Waals surface area (Å²) in [5.41, 5.74) is 2.56. The normalized spacial score (nSPS) is 20.9. The van der Waals surface area contributed by atoms with Crippen LogP contribution in [-0.2, 0) is 0 Å². The fourth-order valence-corrected chi connectivity index (χ4v) is 5.65. The van der Waals surface area contributed by atoms with Gasteiger partial charge in [0.1, 0.15) is 6.33 Å². The van der Waals surface area contributed by atoms with Gasteiger partial charge in [0.15, 0.2) is 17.3 Å². The number of piperidine rings is 2. The van der Waals surface area contributed by atoms with Crippen LogP contribution >= 0.6 is 22.6 Å². The SMILES string of the molecule is O=C(Nc1cn2ncnc2c(N2CCC(F)(F)CC2)n1)c1ccc(I)cc1N1CCC2(CC1)CC2. The Kier molecular flexibility index (Phi) is 5.57. The predicted molar refractivity (Wildman–Crippen MR) is 137 cm³/mol. The molecule has 2 aliphatic heterocycles. The molecule has 1 saturated carbocycles. The average molecular weight is 593 g/mol. The van der Waals surface area contributed by atoms with E-state index in [-0.39, 0.29) is 31.8 Å². The number of nitrogens with one attached hydrogen (secondary N) is 1. The van der Waals surface area contributed by atoms with Gasteiger partial charge in [-0.3, -0.25) is 4.79 Å². The van der Waals surface area contributed by atoms with Crippen LogP contribution in [0.1, 0.15) is 48.9 Å². The zero-order valence-electron chi connectivity index (χ0n) is 19.2. The van der Waals surface area contributed by atoms with Gasteiger partial charge in [-0.1, -0.05) is 0 Å². The van der Waals surface area contributed by atoms with Gasteiger partial charge in [-0.05, 0) is 71.9 Å². The largest absolute Gasteiger partial charge is 0.371 e. The van der Waals surface area contributed by atoms with E-state index in [0.29, 0.717) is 28.3 Å². The van der Waals surface area contributed by atoms with Crippen LogP contribution in [0, 0.1) is 8.99 Å². The second-order valence-corrected chi connectivity index (χ2v) is 11.2. The van der Waals surface area contributed by atoms with Crippen LogP contribution in [0.5, 0.6) is 0 Å². The summed E-state index contributed by atoms with van der Waals surface area (Å²) in [6, 6.07) is 5.85. The third kappa shape index (κ3) is 4.54. The fourth-order valence-electron chi connectivity index (χ4n) is 5.17. The van der Waals surface area contributed by atoms with E-state index in [2.05, 4.69) is 53.9 Å². The topological polar surface area (TPSA) is 78.7 Å². The van der Waals surface area contributed by atoms with E-state index >= 15 is 0 Å². The number of aromatic nitrogens is 4. The minimum absolute atomic E-state index is 0.164. The first kappa shape index (κ1) is 22.9. The summed E-state index contributed by atoms with van der Waals surface area (Å²) in [5.74, 6) is -2.17. The molecular weight excluding hydrogens is 567 g/mol. The molecule has 184 valence electrons. The van der Waals surface area contributed by atoms with Crippen LogP contribution in [0.25, 0.3) is 5.65 Å². The maximum Gasteiger partial charge on any atom is 0.258 e. The van der Waals surface area contributed by atoms with Crippen molar-refractivity contribution in [2.45, 2.75) is 44.4 Å². The highest BCUT2D eigenvalue weighted by atomic mass is 127. The zero-order chi connectivity index (χ0) is 24.2. The Hall–Kier alpha value is -2.57. The first-order chi connectivity index (χ1) is 16.8. The molecule has 0 unspecified atom stereocenters. The van der Waals surface area contributed by atoms with Crippen LogP contribution in [0.15, 0.2) is 30.7 Å². The molecule has 3 aromatic rings. The lowest BCUT2D eigenvalue weighted by Crippen LogP contribution is -2.40. The lowest BCUT2D eigenvalue weighted by Gasteiger charge is -2.35. The van der Waals surface area contributed by atoms with Crippen molar-refractivity contribution in [3.63, 3.8) is 0 Å². The standard InChI is InChI=1S/C24H26F2IN7O/c25-24(26)7-11-33(12-8-24)21-20-28-15-29-34(20)14-19(30-21)31-22(35)17-2-1-16(27)13-18(17)32-9-5-23(3-4-23)6-10-32/h1-2,13-15H,3-12H2,(H,31,35). The number of carbonyl (C=O) groups excluding carboxylic acids is 1. The van der Waals surface area contributed by atoms with Crippen molar-refractivity contribution < 1.29 is 13.6 Å². The molecule has 1 spiro atoms. The van der Waals surface area contributed by atoms with Gasteiger partial charge in [0.25, 0.3) is 11.8 Å². The molecule has 35 heavy (non-hydrogen) atoms. The summed E-state index contributed by atoms with van der Waals surface area (Å²) in [6.45, 7) is 2.23. The van der Waals surface area contributed by atoms with Gasteiger partial charge in [0.2, 0.25) is 0 Å². The smallest absolute Gasteiger partial charge is 0.258 e. The van der Waals surface area contributed by atoms with Crippen LogP contribution in [-0.4, -0.2) is 57.6 Å². The van der Waals surface area contributed by atoms with E-state index in [1.54, 1.807) is 11.1 Å². The lowest BCUT2D eigenvalue weighted by atomic mass is 9.93. The van der Waals surface area contributed by atoms with Gasteiger partial charge in [0.05, 0.1) is 17.4 Å². The minimum atomic E-state index is -2.67. The van der Waals surface area contributed by atoms with Crippen molar-refractivity contribution in [3.8, 4) is 0 Å². The number of halogens is 3. The number of fused-ring (bicyclic) bond motifs is 1. The number of anilines is 3. The maximum atomic E-state index is 13.7. The summed E-state index contributed by atoms with van der Waals surface area (Å²) >= 11 is 2.28. The highest BCUT2D eigenvalue weighted by Crippen LogP contribution is 2.54. The van der Waals surface area contributed by atoms with E-state index in [0.717, 1.165) is 22.3 Å². The van der Waals surface area contributed by atoms with Gasteiger partial charge in [0, 0.05) is 42.6 Å². The van der Waals surface area contributed by atoms with Crippen LogP contribution in [0.2, 0.25) is 0 Å². The number of alkyl halides is 2. The molecule has 0 radical (unpaired) electrons. The van der Waals surface area contributed by atoms with Crippen molar-refractivity contribution in [1.29, 1.82) is 0 Å². The molecule has 8 nitrogen and oxygen atoms in total. The van der Waals surface area contributed by atoms with Crippen molar-refractivity contribution in [3.05, 3.63) is 39.9 Å². The summed E-state index contributed by atoms with van der Waals surface area (Å²) in [4.78, 5) is 26.4. The molecule has 0 atom stereocenters. The van der Waals surface area contributed by atoms with Crippen LogP contribution in [0.3, 0.4) is 0 Å². The second kappa shape index (κ2) is 8.52. The number of benzene rings is 1. The average Bonchev–Trinajstić information content (AvgIpc) is 3.41. The Balaban J connectivity index is 1.27. The number of hydrogen-bond acceptors (Lipinski definition) is 6. The van der Waals surface area contributed by atoms with Gasteiger partial charge in [-0.2, -0.15) is 5.10 Å². The molecule has 6 rings (SSSR count). The first-order valence-corrected chi connectivity index (χ1v) is 13.1. The first-order valence-electron chi connectivity index (χ1n) is 12.0. The monoisotopic (exact) mass is 593 g/mol. The molecule has 0 bridgehead atoms. The Bertz CT molecular complexity index is 1270. The van der Waals surface area contributed by atoms with E-state index in [9.17, 15) is 13.6 Å². The fraction of sp³-hybridized carbons (Fsp3) is 0.500. The highest BCUT2D eigenvalue weighted by Gasteiger charge is 2.44. The molecule has 1 aromatic carbocycles. The molecule has 1 amide bonds. The molecule has 11 heteroatoms. The zero-order valence-corrected chi connectivity index (χ0v) is 21.3. The van der Waals surface area contributed by atoms with Crippen molar-refractivity contribution in [2.24, 2.45) is 5.41 Å². The van der Waals surface area contributed by atoms with Gasteiger partial charge >= 0.3 is 0 Å². The summed E-state index contributed by atoms with van der Waals surface area (Å²) in [5, 5.41) is 7.12. The highest BCUT2D eigenvalue weighted by molar-refractivity contribution is 14.1. The molecule has 3 fully saturated rings. The lowest BCUT2D eigenvalue weighted by molar-refractivity contribution is -0.0221. The molecule has 2 aromatic heterocycles. The minimum Gasteiger partial charge on any atom is -0.371 e. The number of amides is 1. The summed E-state index contributed by atoms with van der Waals surface area (Å²) in [6.07, 6.45) is 7.51. The second-order valence-electron chi connectivity index (χ2n) is 9.92. The summed E-state index contributed by atoms with van der Waals surface area (Å²) in [7, 11) is 0. The van der Waals surface area contributed by atoms with Crippen molar-refractivity contribution >= 4 is 51.5 Å². The molecule has 1 N–H and O–H groups in total. The maximum absolute atomic E-state index is 13.7. The van der Waals surface area contributed by atoms with Gasteiger partial charge in [-0.15, -0.1) is 0 Å². The van der Waals surface area contributed by atoms with Crippen LogP contribution in [0.4, 0.5) is 26.1 Å². The molecular formula is C24H26F2IN7O. The predicted octanol–water partition coefficient (Wildman–Crippen LogP) is 4.60. The molecule has 4 heterocycles. The quantitative estimate of drug-likeness (QED) is 0.446. The molecule has 3 aliphatic rings. The number of carbonyl (C=O) groups is 1. The van der Waals surface area contributed by atoms with Crippen LogP contribution < -0.4 is 15.1 Å². The number of hydrogen-bond donors (Lipinski definition) is 1. The van der Waals surface area contributed by atoms with Gasteiger partial charge in [-0.25, -0.2) is 23.3 Å². The number of nitrogens with zero attached hydrogens (tertiary/aromatic N) is 6. The Morgan fingerprint density at radius 3 is 2.43 bits per heavy atom. The van der Waals surface area contributed by atoms with E-state index in [1.165, 1.54) is 36.5 Å². The molecule has 2 saturated heterocycles. The third-order valence-electron chi connectivity index (χ3n) is 7.61. The Labute approximate surface area is 215 Å². The van der Waals surface area contributed by atoms with Crippen molar-refractivity contribution in [2.75, 3.05) is 41.3 Å². The Morgan fingerprint density at radius 2 is 1.71 bits per heavy atom. The third-order valence-corrected chi connectivity index (χ3v) is 8.28. The van der Waals surface area contributed by atoms with Crippen molar-refractivity contribution in [1.82, 2.24) is 19.6 Å². The van der Waals surface area contributed by atoms with E-state index in [4.69, 9.17) is 0 Å². The van der Waals surface area contributed by atoms with Gasteiger partial charge < -0.3 is 15.1 Å². The number of rotatable bonds is 4. The summed E-state index contributed by atoms with van der Waals surface area (Å²) < 4.78 is 30.0. The van der Waals surface area contributed by atoms with E-state index < -0.39 is 5.92 Å². The van der Waals surface area contributed by atoms with E-state index in [1.807, 2.05) is 12.1 Å². The Morgan fingerprint density at radius 1 is 1.00 bits per heavy atom. The molecule has 1 aliphatic carbocycles.